The van der Waals surface area contributed by atoms with Crippen LogP contribution in [0.4, 0.5) is 0 Å². The summed E-state index contributed by atoms with van der Waals surface area (Å²) in [7, 11) is -2.66. The number of primary amides is 1. The molecule has 0 saturated carbocycles. The minimum atomic E-state index is -1.33. The van der Waals surface area contributed by atoms with Gasteiger partial charge in [-0.1, -0.05) is 85.4 Å². The van der Waals surface area contributed by atoms with Gasteiger partial charge in [0.25, 0.3) is 0 Å². The first-order chi connectivity index (χ1) is 16.2. The fourth-order valence-corrected chi connectivity index (χ4v) is 7.23. The maximum atomic E-state index is 11.8. The molecule has 0 aromatic heterocycles. The summed E-state index contributed by atoms with van der Waals surface area (Å²) in [6.07, 6.45) is 0.966. The number of amides is 1. The van der Waals surface area contributed by atoms with E-state index in [-0.39, 0.29) is 26.1 Å². The molecule has 0 rings (SSSR count). The summed E-state index contributed by atoms with van der Waals surface area (Å²) < 4.78 is 11.5. The lowest BCUT2D eigenvalue weighted by atomic mass is 9.97. The van der Waals surface area contributed by atoms with Gasteiger partial charge in [0.1, 0.15) is 0 Å². The van der Waals surface area contributed by atoms with Crippen LogP contribution in [0.3, 0.4) is 0 Å². The van der Waals surface area contributed by atoms with Crippen LogP contribution in [0.2, 0.25) is 48.4 Å². The quantitative estimate of drug-likeness (QED) is 0.116. The summed E-state index contributed by atoms with van der Waals surface area (Å²) in [5, 5.41) is 21.8. The number of carbonyl (C=O) groups excluding carboxylic acids is 1. The molecule has 214 valence electrons. The minimum Gasteiger partial charge on any atom is -0.390 e. The Labute approximate surface area is 224 Å². The van der Waals surface area contributed by atoms with E-state index < -0.39 is 34.3 Å². The molecule has 0 fully saturated rings. The fourth-order valence-electron chi connectivity index (χ4n) is 3.67. The van der Waals surface area contributed by atoms with Crippen LogP contribution in [-0.2, 0) is 14.3 Å². The highest BCUT2D eigenvalue weighted by atomic mass is 28.3. The Balaban J connectivity index is 4.59. The number of rotatable bonds is 17. The number of aliphatic hydroxyl groups is 2. The van der Waals surface area contributed by atoms with E-state index in [4.69, 9.17) is 15.2 Å². The summed E-state index contributed by atoms with van der Waals surface area (Å²) in [5.41, 5.74) is 6.56. The first-order valence-electron chi connectivity index (χ1n) is 13.7. The molecule has 0 aromatic carbocycles. The highest BCUT2D eigenvalue weighted by Gasteiger charge is 2.34. The molecule has 0 spiro atoms. The van der Waals surface area contributed by atoms with Crippen molar-refractivity contribution >= 4 is 22.1 Å². The zero-order valence-corrected chi connectivity index (χ0v) is 27.4. The SMILES string of the molecule is CC(C(N)=O)=C(CC(O)COCCC[Si](C)(C)C(C)(C)C)CC(O)COCCC[Si](C)(C)C(C)(C)C. The van der Waals surface area contributed by atoms with Crippen molar-refractivity contribution in [2.45, 2.75) is 135 Å². The Morgan fingerprint density at radius 2 is 1.11 bits per heavy atom. The van der Waals surface area contributed by atoms with Crippen LogP contribution in [0.5, 0.6) is 0 Å². The van der Waals surface area contributed by atoms with Gasteiger partial charge in [-0.2, -0.15) is 0 Å². The molecule has 36 heavy (non-hydrogen) atoms. The van der Waals surface area contributed by atoms with Gasteiger partial charge >= 0.3 is 0 Å². The third kappa shape index (κ3) is 13.3. The molecule has 0 aliphatic heterocycles. The molecular formula is C28H59NO5Si2. The molecule has 1 amide bonds. The lowest BCUT2D eigenvalue weighted by Gasteiger charge is -2.37. The highest BCUT2D eigenvalue weighted by Crippen LogP contribution is 2.40. The second kappa shape index (κ2) is 15.2. The maximum Gasteiger partial charge on any atom is 0.244 e. The molecule has 0 bridgehead atoms. The van der Waals surface area contributed by atoms with Crippen LogP contribution in [0, 0.1) is 0 Å². The molecule has 0 aliphatic carbocycles. The predicted octanol–water partition coefficient (Wildman–Crippen LogP) is 6.12. The van der Waals surface area contributed by atoms with Crippen molar-refractivity contribution in [1.29, 1.82) is 0 Å². The van der Waals surface area contributed by atoms with Crippen LogP contribution < -0.4 is 5.73 Å². The minimum absolute atomic E-state index is 0.201. The van der Waals surface area contributed by atoms with Crippen molar-refractivity contribution in [1.82, 2.24) is 0 Å². The lowest BCUT2D eigenvalue weighted by Crippen LogP contribution is -2.37. The van der Waals surface area contributed by atoms with E-state index in [1.807, 2.05) is 0 Å². The second-order valence-corrected chi connectivity index (χ2v) is 25.5. The lowest BCUT2D eigenvalue weighted by molar-refractivity contribution is -0.114. The number of hydrogen-bond donors (Lipinski definition) is 3. The van der Waals surface area contributed by atoms with Crippen molar-refractivity contribution in [3.8, 4) is 0 Å². The van der Waals surface area contributed by atoms with Gasteiger partial charge in [0, 0.05) is 18.8 Å². The smallest absolute Gasteiger partial charge is 0.244 e. The standard InChI is InChI=1S/C28H59NO5Si2/c1-22(26(29)32)23(18-24(30)20-33-14-12-16-35(8,9)27(2,3)4)19-25(31)21-34-15-13-17-36(10,11)28(5,6)7/h24-25,30-31H,12-21H2,1-11H3,(H2,29,32). The Morgan fingerprint density at radius 1 is 0.778 bits per heavy atom. The van der Waals surface area contributed by atoms with Crippen molar-refractivity contribution in [2.24, 2.45) is 5.73 Å². The number of nitrogens with two attached hydrogens (primary N) is 1. The van der Waals surface area contributed by atoms with Crippen molar-refractivity contribution in [3.63, 3.8) is 0 Å². The van der Waals surface area contributed by atoms with Gasteiger partial charge in [-0.05, 0) is 42.7 Å². The molecule has 0 heterocycles. The summed E-state index contributed by atoms with van der Waals surface area (Å²) in [4.78, 5) is 11.8. The van der Waals surface area contributed by atoms with Gasteiger partial charge in [-0.3, -0.25) is 4.79 Å². The normalized spacial score (nSPS) is 15.0. The van der Waals surface area contributed by atoms with E-state index in [0.29, 0.717) is 34.4 Å². The van der Waals surface area contributed by atoms with Crippen molar-refractivity contribution < 1.29 is 24.5 Å². The first-order valence-corrected chi connectivity index (χ1v) is 20.1. The van der Waals surface area contributed by atoms with Crippen LogP contribution in [0.15, 0.2) is 11.1 Å². The molecule has 4 N–H and O–H groups in total. The Bertz CT molecular complexity index is 647. The largest absolute Gasteiger partial charge is 0.390 e. The number of ether oxygens (including phenoxy) is 2. The summed E-state index contributed by atoms with van der Waals surface area (Å²) in [6.45, 7) is 26.8. The first kappa shape index (κ1) is 35.5. The number of hydrogen-bond acceptors (Lipinski definition) is 5. The highest BCUT2D eigenvalue weighted by molar-refractivity contribution is 6.80. The van der Waals surface area contributed by atoms with Crippen LogP contribution in [0.25, 0.3) is 0 Å². The maximum absolute atomic E-state index is 11.8. The number of aliphatic hydroxyl groups excluding tert-OH is 2. The zero-order chi connectivity index (χ0) is 28.4. The molecule has 0 aliphatic rings. The van der Waals surface area contributed by atoms with Gasteiger partial charge in [-0.15, -0.1) is 0 Å². The van der Waals surface area contributed by atoms with Crippen LogP contribution in [0.1, 0.15) is 74.1 Å². The Kier molecular flexibility index (Phi) is 15.0. The molecule has 2 atom stereocenters. The second-order valence-electron chi connectivity index (χ2n) is 13.9. The molecule has 0 aromatic rings. The van der Waals surface area contributed by atoms with Gasteiger partial charge in [0.15, 0.2) is 0 Å². The zero-order valence-electron chi connectivity index (χ0n) is 25.4. The van der Waals surface area contributed by atoms with Crippen LogP contribution in [-0.4, -0.2) is 70.9 Å². The summed E-state index contributed by atoms with van der Waals surface area (Å²) >= 11 is 0. The fraction of sp³-hybridized carbons (Fsp3) is 0.893. The van der Waals surface area contributed by atoms with Gasteiger partial charge in [0.2, 0.25) is 5.91 Å². The number of carbonyl (C=O) groups is 1. The van der Waals surface area contributed by atoms with Crippen molar-refractivity contribution in [3.05, 3.63) is 11.1 Å². The van der Waals surface area contributed by atoms with Gasteiger partial charge in [0.05, 0.1) is 41.6 Å². The Hall–Kier alpha value is -0.516. The van der Waals surface area contributed by atoms with E-state index in [9.17, 15) is 15.0 Å². The average Bonchev–Trinajstić information content (AvgIpc) is 2.70. The van der Waals surface area contributed by atoms with E-state index in [0.717, 1.165) is 12.8 Å². The Morgan fingerprint density at radius 3 is 1.39 bits per heavy atom. The molecule has 6 nitrogen and oxygen atoms in total. The topological polar surface area (TPSA) is 102 Å². The average molecular weight is 546 g/mol. The molecule has 0 saturated heterocycles. The molecule has 0 radical (unpaired) electrons. The van der Waals surface area contributed by atoms with E-state index >= 15 is 0 Å². The predicted molar refractivity (Wildman–Crippen MR) is 158 cm³/mol. The third-order valence-corrected chi connectivity index (χ3v) is 20.1. The summed E-state index contributed by atoms with van der Waals surface area (Å²) in [6, 6.07) is 2.36. The molecule has 2 unspecified atom stereocenters. The van der Waals surface area contributed by atoms with Crippen molar-refractivity contribution in [2.75, 3.05) is 26.4 Å². The molecule has 8 heteroatoms. The van der Waals surface area contributed by atoms with E-state index in [1.165, 1.54) is 12.1 Å². The van der Waals surface area contributed by atoms with Gasteiger partial charge < -0.3 is 25.4 Å². The van der Waals surface area contributed by atoms with E-state index in [1.54, 1.807) is 6.92 Å². The summed E-state index contributed by atoms with van der Waals surface area (Å²) in [5.74, 6) is -0.532. The monoisotopic (exact) mass is 545 g/mol. The van der Waals surface area contributed by atoms with Crippen LogP contribution >= 0.6 is 0 Å². The van der Waals surface area contributed by atoms with E-state index in [2.05, 4.69) is 67.7 Å². The molecular weight excluding hydrogens is 486 g/mol. The third-order valence-electron chi connectivity index (χ3n) is 8.73. The van der Waals surface area contributed by atoms with Gasteiger partial charge in [-0.25, -0.2) is 0 Å².